The van der Waals surface area contributed by atoms with Gasteiger partial charge >= 0.3 is 0 Å². The number of rotatable bonds is 5. The van der Waals surface area contributed by atoms with Gasteiger partial charge in [-0.15, -0.1) is 0 Å². The lowest BCUT2D eigenvalue weighted by Crippen LogP contribution is -2.22. The van der Waals surface area contributed by atoms with E-state index in [1.54, 1.807) is 19.2 Å². The van der Waals surface area contributed by atoms with Crippen molar-refractivity contribution in [2.45, 2.75) is 0 Å². The second-order valence-electron chi connectivity index (χ2n) is 2.65. The van der Waals surface area contributed by atoms with Gasteiger partial charge in [0.15, 0.2) is 5.82 Å². The first kappa shape index (κ1) is 10.9. The van der Waals surface area contributed by atoms with Crippen LogP contribution < -0.4 is 4.74 Å². The third kappa shape index (κ3) is 3.68. The second-order valence-corrected chi connectivity index (χ2v) is 2.65. The summed E-state index contributed by atoms with van der Waals surface area (Å²) in [7, 11) is 3.35. The lowest BCUT2D eigenvalue weighted by Gasteiger charge is -2.13. The number of ether oxygens (including phenoxy) is 1. The number of hydrogen-bond donors (Lipinski definition) is 0. The Bertz CT molecular complexity index is 283. The summed E-state index contributed by atoms with van der Waals surface area (Å²) < 4.78 is 17.8. The number of aromatic nitrogens is 1. The smallest absolute Gasteiger partial charge is 0.154 e. The van der Waals surface area contributed by atoms with Crippen molar-refractivity contribution in [3.05, 3.63) is 24.3 Å². The molecule has 0 saturated heterocycles. The summed E-state index contributed by atoms with van der Waals surface area (Å²) in [4.78, 5) is 8.40. The van der Waals surface area contributed by atoms with Crippen LogP contribution >= 0.6 is 0 Å². The largest absolute Gasteiger partial charge is 0.490 e. The molecule has 0 unspecified atom stereocenters. The minimum Gasteiger partial charge on any atom is -0.490 e. The fourth-order valence-electron chi connectivity index (χ4n) is 0.814. The molecule has 0 aromatic carbocycles. The highest BCUT2D eigenvalue weighted by molar-refractivity contribution is 5.16. The number of hydroxylamine groups is 2. The molecule has 0 amide bonds. The molecule has 1 rings (SSSR count). The summed E-state index contributed by atoms with van der Waals surface area (Å²) in [6, 6.07) is 1.24. The van der Waals surface area contributed by atoms with Crippen molar-refractivity contribution >= 4 is 0 Å². The van der Waals surface area contributed by atoms with Crippen LogP contribution in [0.4, 0.5) is 4.39 Å². The van der Waals surface area contributed by atoms with Crippen molar-refractivity contribution in [2.75, 3.05) is 27.3 Å². The van der Waals surface area contributed by atoms with Gasteiger partial charge in [0, 0.05) is 13.1 Å². The molecule has 0 N–H and O–H groups in total. The number of hydrogen-bond acceptors (Lipinski definition) is 4. The van der Waals surface area contributed by atoms with E-state index in [2.05, 4.69) is 11.2 Å². The molecule has 0 spiro atoms. The molecule has 0 aliphatic carbocycles. The van der Waals surface area contributed by atoms with Crippen molar-refractivity contribution in [1.82, 2.24) is 10.0 Å². The number of pyridine rings is 1. The van der Waals surface area contributed by atoms with Crippen LogP contribution in [0.3, 0.4) is 0 Å². The Morgan fingerprint density at radius 3 is 3.07 bits per heavy atom. The summed E-state index contributed by atoms with van der Waals surface area (Å²) in [5, 5.41) is 1.61. The van der Waals surface area contributed by atoms with Gasteiger partial charge in [-0.2, -0.15) is 5.06 Å². The van der Waals surface area contributed by atoms with Gasteiger partial charge in [0.25, 0.3) is 0 Å². The van der Waals surface area contributed by atoms with E-state index in [1.807, 2.05) is 0 Å². The standard InChI is InChI=1S/C9H12FN2O2/c1-12(13-2)3-4-14-9-5-8(10)6-11-7-9/h5,7H,3-4H2,1-2H3. The predicted molar refractivity (Wildman–Crippen MR) is 48.2 cm³/mol. The molecule has 0 aliphatic heterocycles. The van der Waals surface area contributed by atoms with E-state index in [-0.39, 0.29) is 0 Å². The van der Waals surface area contributed by atoms with Gasteiger partial charge in [0.1, 0.15) is 18.6 Å². The normalized spacial score (nSPS) is 10.6. The van der Waals surface area contributed by atoms with E-state index in [1.165, 1.54) is 12.3 Å². The van der Waals surface area contributed by atoms with Gasteiger partial charge in [0.05, 0.1) is 19.9 Å². The van der Waals surface area contributed by atoms with Crippen molar-refractivity contribution in [3.63, 3.8) is 0 Å². The molecule has 1 heterocycles. The van der Waals surface area contributed by atoms with Crippen LogP contribution in [-0.4, -0.2) is 37.4 Å². The van der Waals surface area contributed by atoms with Crippen LogP contribution in [0.15, 0.2) is 12.3 Å². The Morgan fingerprint density at radius 2 is 2.43 bits per heavy atom. The summed E-state index contributed by atoms with van der Waals surface area (Å²) >= 11 is 0. The molecule has 0 bridgehead atoms. The fraction of sp³-hybridized carbons (Fsp3) is 0.444. The molecule has 14 heavy (non-hydrogen) atoms. The zero-order chi connectivity index (χ0) is 10.4. The Morgan fingerprint density at radius 1 is 1.64 bits per heavy atom. The first-order valence-electron chi connectivity index (χ1n) is 4.13. The average molecular weight is 199 g/mol. The van der Waals surface area contributed by atoms with E-state index < -0.39 is 5.82 Å². The van der Waals surface area contributed by atoms with Gasteiger partial charge in [-0.25, -0.2) is 9.37 Å². The zero-order valence-corrected chi connectivity index (χ0v) is 8.16. The van der Waals surface area contributed by atoms with Crippen LogP contribution in [-0.2, 0) is 4.84 Å². The second kappa shape index (κ2) is 5.51. The highest BCUT2D eigenvalue weighted by atomic mass is 19.1. The molecule has 1 radical (unpaired) electrons. The van der Waals surface area contributed by atoms with Crippen LogP contribution in [0.25, 0.3) is 0 Å². The minimum absolute atomic E-state index is 0.394. The summed E-state index contributed by atoms with van der Waals surface area (Å²) in [6.07, 6.45) is 3.56. The molecule has 0 fully saturated rings. The first-order valence-corrected chi connectivity index (χ1v) is 4.13. The van der Waals surface area contributed by atoms with Gasteiger partial charge in [-0.3, -0.25) is 0 Å². The van der Waals surface area contributed by atoms with Crippen molar-refractivity contribution in [1.29, 1.82) is 0 Å². The number of likely N-dealkylation sites (N-methyl/N-ethyl adjacent to an activating group) is 1. The van der Waals surface area contributed by atoms with E-state index >= 15 is 0 Å². The first-order chi connectivity index (χ1) is 6.72. The van der Waals surface area contributed by atoms with Crippen LogP contribution in [0.1, 0.15) is 0 Å². The molecule has 1 aromatic heterocycles. The molecular weight excluding hydrogens is 187 g/mol. The third-order valence-electron chi connectivity index (χ3n) is 1.62. The van der Waals surface area contributed by atoms with Crippen molar-refractivity contribution in [2.24, 2.45) is 0 Å². The molecular formula is C9H12FN2O2. The van der Waals surface area contributed by atoms with E-state index in [9.17, 15) is 4.39 Å². The number of halogens is 1. The molecule has 0 saturated carbocycles. The molecule has 5 heteroatoms. The quantitative estimate of drug-likeness (QED) is 0.660. The SMILES string of the molecule is CON(C)CCOc1cn[c]c(F)c1. The monoisotopic (exact) mass is 199 g/mol. The summed E-state index contributed by atoms with van der Waals surface area (Å²) in [5.74, 6) is -0.131. The van der Waals surface area contributed by atoms with Crippen LogP contribution in [0.2, 0.25) is 0 Å². The van der Waals surface area contributed by atoms with E-state index in [0.717, 1.165) is 0 Å². The Balaban J connectivity index is 2.31. The maximum Gasteiger partial charge on any atom is 0.154 e. The molecule has 1 aromatic rings. The van der Waals surface area contributed by atoms with Gasteiger partial charge < -0.3 is 9.57 Å². The molecule has 77 valence electrons. The fourth-order valence-corrected chi connectivity index (χ4v) is 0.814. The van der Waals surface area contributed by atoms with Gasteiger partial charge in [-0.05, 0) is 0 Å². The Labute approximate surface area is 82.2 Å². The zero-order valence-electron chi connectivity index (χ0n) is 8.16. The maximum atomic E-state index is 12.6. The summed E-state index contributed by atoms with van der Waals surface area (Å²) in [5.41, 5.74) is 0. The average Bonchev–Trinajstić information content (AvgIpc) is 2.17. The minimum atomic E-state index is -0.525. The topological polar surface area (TPSA) is 34.6 Å². The molecule has 4 nitrogen and oxygen atoms in total. The molecule has 0 aliphatic rings. The van der Waals surface area contributed by atoms with Crippen LogP contribution in [0, 0.1) is 12.0 Å². The molecule has 0 atom stereocenters. The highest BCUT2D eigenvalue weighted by Crippen LogP contribution is 2.08. The maximum absolute atomic E-state index is 12.6. The third-order valence-corrected chi connectivity index (χ3v) is 1.62. The Kier molecular flexibility index (Phi) is 4.28. The van der Waals surface area contributed by atoms with Crippen molar-refractivity contribution in [3.8, 4) is 5.75 Å². The number of nitrogens with zero attached hydrogens (tertiary/aromatic N) is 2. The Hall–Kier alpha value is -1.20. The van der Waals surface area contributed by atoms with E-state index in [0.29, 0.717) is 18.9 Å². The lowest BCUT2D eigenvalue weighted by atomic mass is 10.4. The van der Waals surface area contributed by atoms with Gasteiger partial charge in [-0.1, -0.05) is 0 Å². The van der Waals surface area contributed by atoms with Gasteiger partial charge in [0.2, 0.25) is 0 Å². The van der Waals surface area contributed by atoms with Crippen LogP contribution in [0.5, 0.6) is 5.75 Å². The predicted octanol–water partition coefficient (Wildman–Crippen LogP) is 0.893. The van der Waals surface area contributed by atoms with Crippen molar-refractivity contribution < 1.29 is 14.0 Å². The highest BCUT2D eigenvalue weighted by Gasteiger charge is 1.99. The lowest BCUT2D eigenvalue weighted by molar-refractivity contribution is -0.113. The summed E-state index contributed by atoms with van der Waals surface area (Å²) in [6.45, 7) is 1.01. The van der Waals surface area contributed by atoms with E-state index in [4.69, 9.17) is 9.57 Å².